The normalized spacial score (nSPS) is 12.3. The number of benzene rings is 2. The minimum atomic E-state index is -3.59. The maximum absolute atomic E-state index is 13.6. The summed E-state index contributed by atoms with van der Waals surface area (Å²) < 4.78 is 58.1. The Kier molecular flexibility index (Phi) is 8.10. The van der Waals surface area contributed by atoms with Gasteiger partial charge in [-0.05, 0) is 49.2 Å². The maximum Gasteiger partial charge on any atom is 0.262 e. The molecule has 0 saturated carbocycles. The van der Waals surface area contributed by atoms with Crippen molar-refractivity contribution in [3.63, 3.8) is 0 Å². The molecular formula is C21H27F2NO3S. The summed E-state index contributed by atoms with van der Waals surface area (Å²) in [7, 11) is -3.59. The first-order chi connectivity index (χ1) is 13.3. The largest absolute Gasteiger partial charge is 0.377 e. The number of alkyl halides is 2. The van der Waals surface area contributed by atoms with Gasteiger partial charge >= 0.3 is 0 Å². The summed E-state index contributed by atoms with van der Waals surface area (Å²) >= 11 is 0. The molecule has 2 aromatic carbocycles. The maximum atomic E-state index is 13.6. The molecule has 0 atom stereocenters. The fourth-order valence-corrected chi connectivity index (χ4v) is 4.20. The molecule has 0 heterocycles. The van der Waals surface area contributed by atoms with Crippen LogP contribution in [0.25, 0.3) is 0 Å². The summed E-state index contributed by atoms with van der Waals surface area (Å²) in [6, 6.07) is 13.1. The summed E-state index contributed by atoms with van der Waals surface area (Å²) in [5.41, 5.74) is 1.42. The van der Waals surface area contributed by atoms with E-state index in [9.17, 15) is 17.2 Å². The SMILES string of the molecule is CCCNCC(F)(F)CCOCc1ccc(S(=O)(=O)c2ccccc2C)cc1. The summed E-state index contributed by atoms with van der Waals surface area (Å²) in [5.74, 6) is -2.80. The van der Waals surface area contributed by atoms with Crippen LogP contribution in [0, 0.1) is 6.92 Å². The molecule has 0 radical (unpaired) electrons. The van der Waals surface area contributed by atoms with Crippen molar-refractivity contribution in [3.8, 4) is 0 Å². The molecule has 0 aliphatic carbocycles. The van der Waals surface area contributed by atoms with Crippen LogP contribution in [0.2, 0.25) is 0 Å². The van der Waals surface area contributed by atoms with E-state index in [0.717, 1.165) is 12.0 Å². The van der Waals surface area contributed by atoms with Gasteiger partial charge in [-0.25, -0.2) is 17.2 Å². The number of rotatable bonds is 11. The zero-order valence-corrected chi connectivity index (χ0v) is 17.1. The van der Waals surface area contributed by atoms with Crippen LogP contribution in [0.15, 0.2) is 58.3 Å². The minimum Gasteiger partial charge on any atom is -0.377 e. The molecule has 0 bridgehead atoms. The van der Waals surface area contributed by atoms with Crippen molar-refractivity contribution in [2.75, 3.05) is 19.7 Å². The van der Waals surface area contributed by atoms with Gasteiger partial charge in [-0.3, -0.25) is 0 Å². The first-order valence-electron chi connectivity index (χ1n) is 9.32. The van der Waals surface area contributed by atoms with E-state index in [1.165, 1.54) is 12.1 Å². The summed E-state index contributed by atoms with van der Waals surface area (Å²) in [6.45, 7) is 3.98. The highest BCUT2D eigenvalue weighted by Crippen LogP contribution is 2.24. The topological polar surface area (TPSA) is 55.4 Å². The first-order valence-corrected chi connectivity index (χ1v) is 10.8. The van der Waals surface area contributed by atoms with Gasteiger partial charge in [-0.1, -0.05) is 37.3 Å². The average Bonchev–Trinajstić information content (AvgIpc) is 2.66. The van der Waals surface area contributed by atoms with Gasteiger partial charge in [-0.15, -0.1) is 0 Å². The molecule has 7 heteroatoms. The number of ether oxygens (including phenoxy) is 1. The molecule has 0 unspecified atom stereocenters. The van der Waals surface area contributed by atoms with Crippen LogP contribution >= 0.6 is 0 Å². The summed E-state index contributed by atoms with van der Waals surface area (Å²) in [5, 5.41) is 2.71. The second-order valence-electron chi connectivity index (χ2n) is 6.75. The standard InChI is InChI=1S/C21H27F2NO3S/c1-3-13-24-16-21(22,23)12-14-27-15-18-8-10-19(11-9-18)28(25,26)20-7-5-4-6-17(20)2/h4-11,24H,3,12-16H2,1-2H3. The number of sulfone groups is 1. The highest BCUT2D eigenvalue weighted by Gasteiger charge is 2.27. The van der Waals surface area contributed by atoms with Gasteiger partial charge in [0.2, 0.25) is 9.84 Å². The molecule has 154 valence electrons. The second-order valence-corrected chi connectivity index (χ2v) is 8.67. The third-order valence-corrected chi connectivity index (χ3v) is 6.24. The smallest absolute Gasteiger partial charge is 0.262 e. The predicted octanol–water partition coefficient (Wildman–Crippen LogP) is 4.37. The van der Waals surface area contributed by atoms with Crippen molar-refractivity contribution >= 4 is 9.84 Å². The number of halogens is 2. The van der Waals surface area contributed by atoms with Crippen molar-refractivity contribution < 1.29 is 21.9 Å². The molecule has 0 amide bonds. The number of hydrogen-bond acceptors (Lipinski definition) is 4. The Hall–Kier alpha value is -1.83. The molecule has 4 nitrogen and oxygen atoms in total. The molecule has 28 heavy (non-hydrogen) atoms. The van der Waals surface area contributed by atoms with Crippen LogP contribution in [0.1, 0.15) is 30.9 Å². The monoisotopic (exact) mass is 411 g/mol. The van der Waals surface area contributed by atoms with E-state index in [1.807, 2.05) is 6.92 Å². The average molecular weight is 412 g/mol. The number of aryl methyl sites for hydroxylation is 1. The van der Waals surface area contributed by atoms with Crippen molar-refractivity contribution in [2.45, 2.75) is 49.0 Å². The van der Waals surface area contributed by atoms with E-state index in [2.05, 4.69) is 5.32 Å². The van der Waals surface area contributed by atoms with E-state index in [1.54, 1.807) is 43.3 Å². The van der Waals surface area contributed by atoms with Gasteiger partial charge in [0.15, 0.2) is 0 Å². The van der Waals surface area contributed by atoms with Gasteiger partial charge in [0.05, 0.1) is 29.5 Å². The van der Waals surface area contributed by atoms with Gasteiger partial charge in [0.1, 0.15) is 0 Å². The van der Waals surface area contributed by atoms with Gasteiger partial charge in [-0.2, -0.15) is 0 Å². The molecule has 0 aliphatic heterocycles. The van der Waals surface area contributed by atoms with E-state index in [4.69, 9.17) is 4.74 Å². The Bertz CT molecular complexity index is 852. The lowest BCUT2D eigenvalue weighted by Crippen LogP contribution is -2.34. The second kappa shape index (κ2) is 10.1. The van der Waals surface area contributed by atoms with E-state index < -0.39 is 15.8 Å². The molecule has 2 rings (SSSR count). The van der Waals surface area contributed by atoms with Crippen LogP contribution < -0.4 is 5.32 Å². The Balaban J connectivity index is 1.89. The van der Waals surface area contributed by atoms with Crippen molar-refractivity contribution in [1.82, 2.24) is 5.32 Å². The number of hydrogen-bond donors (Lipinski definition) is 1. The zero-order chi connectivity index (χ0) is 20.6. The molecular weight excluding hydrogens is 384 g/mol. The highest BCUT2D eigenvalue weighted by atomic mass is 32.2. The van der Waals surface area contributed by atoms with E-state index >= 15 is 0 Å². The lowest BCUT2D eigenvalue weighted by atomic mass is 10.2. The van der Waals surface area contributed by atoms with Gasteiger partial charge in [0.25, 0.3) is 5.92 Å². The molecule has 0 aliphatic rings. The van der Waals surface area contributed by atoms with Crippen molar-refractivity contribution in [3.05, 3.63) is 59.7 Å². The zero-order valence-electron chi connectivity index (χ0n) is 16.3. The van der Waals surface area contributed by atoms with Gasteiger partial charge in [0, 0.05) is 6.42 Å². The predicted molar refractivity (Wildman–Crippen MR) is 105 cm³/mol. The Labute approximate surface area is 165 Å². The van der Waals surface area contributed by atoms with Crippen molar-refractivity contribution in [1.29, 1.82) is 0 Å². The first kappa shape index (κ1) is 22.5. The van der Waals surface area contributed by atoms with Crippen LogP contribution in [0.3, 0.4) is 0 Å². The molecule has 0 aromatic heterocycles. The Morgan fingerprint density at radius 1 is 1.07 bits per heavy atom. The van der Waals surface area contributed by atoms with E-state index in [-0.39, 0.29) is 36.0 Å². The van der Waals surface area contributed by atoms with Gasteiger partial charge < -0.3 is 10.1 Å². The lowest BCUT2D eigenvalue weighted by Gasteiger charge is -2.17. The van der Waals surface area contributed by atoms with Crippen LogP contribution in [0.4, 0.5) is 8.78 Å². The molecule has 0 spiro atoms. The third-order valence-electron chi connectivity index (χ3n) is 4.31. The third kappa shape index (κ3) is 6.36. The fourth-order valence-electron chi connectivity index (χ4n) is 2.70. The molecule has 2 aromatic rings. The highest BCUT2D eigenvalue weighted by molar-refractivity contribution is 7.91. The van der Waals surface area contributed by atoms with Crippen LogP contribution in [-0.4, -0.2) is 34.0 Å². The quantitative estimate of drug-likeness (QED) is 0.558. The lowest BCUT2D eigenvalue weighted by molar-refractivity contribution is -0.0337. The molecule has 0 fully saturated rings. The minimum absolute atomic E-state index is 0.0654. The Morgan fingerprint density at radius 3 is 2.39 bits per heavy atom. The fraction of sp³-hybridized carbons (Fsp3) is 0.429. The molecule has 0 saturated heterocycles. The summed E-state index contributed by atoms with van der Waals surface area (Å²) in [4.78, 5) is 0.469. The summed E-state index contributed by atoms with van der Waals surface area (Å²) in [6.07, 6.45) is 0.450. The van der Waals surface area contributed by atoms with Crippen LogP contribution in [-0.2, 0) is 21.2 Å². The number of nitrogens with one attached hydrogen (secondary N) is 1. The Morgan fingerprint density at radius 2 is 1.75 bits per heavy atom. The molecule has 1 N–H and O–H groups in total. The van der Waals surface area contributed by atoms with Crippen molar-refractivity contribution in [2.24, 2.45) is 0 Å². The van der Waals surface area contributed by atoms with E-state index in [0.29, 0.717) is 12.1 Å². The van der Waals surface area contributed by atoms with Crippen LogP contribution in [0.5, 0.6) is 0 Å².